The molecule has 124 valence electrons. The van der Waals surface area contributed by atoms with Crippen LogP contribution in [0, 0.1) is 0 Å². The standard InChI is InChI=1S/C17H19N5O2/c1-2-15-19-16(5-3-11-21-12-4-10-18-21)22(20-15)14-8-6-13(7-9-14)17(23)24/h4,6-10,12H,2-3,5,11H2,1H3,(H,23,24). The minimum atomic E-state index is -0.936. The van der Waals surface area contributed by atoms with E-state index in [0.717, 1.165) is 43.1 Å². The van der Waals surface area contributed by atoms with Crippen molar-refractivity contribution in [2.24, 2.45) is 0 Å². The van der Waals surface area contributed by atoms with Crippen molar-refractivity contribution in [3.05, 3.63) is 59.9 Å². The molecule has 0 amide bonds. The van der Waals surface area contributed by atoms with Gasteiger partial charge < -0.3 is 5.11 Å². The molecular formula is C17H19N5O2. The molecule has 0 aliphatic heterocycles. The summed E-state index contributed by atoms with van der Waals surface area (Å²) >= 11 is 0. The van der Waals surface area contributed by atoms with E-state index in [9.17, 15) is 4.79 Å². The fourth-order valence-electron chi connectivity index (χ4n) is 2.49. The summed E-state index contributed by atoms with van der Waals surface area (Å²) < 4.78 is 3.69. The predicted octanol–water partition coefficient (Wildman–Crippen LogP) is 2.36. The summed E-state index contributed by atoms with van der Waals surface area (Å²) in [5.41, 5.74) is 1.08. The van der Waals surface area contributed by atoms with Gasteiger partial charge in [0.1, 0.15) is 5.82 Å². The molecule has 2 aromatic heterocycles. The van der Waals surface area contributed by atoms with Crippen molar-refractivity contribution in [3.63, 3.8) is 0 Å². The Hall–Kier alpha value is -2.96. The van der Waals surface area contributed by atoms with E-state index in [1.807, 2.05) is 23.9 Å². The van der Waals surface area contributed by atoms with Crippen molar-refractivity contribution >= 4 is 5.97 Å². The van der Waals surface area contributed by atoms with Gasteiger partial charge in [-0.2, -0.15) is 10.2 Å². The van der Waals surface area contributed by atoms with Crippen LogP contribution >= 0.6 is 0 Å². The minimum Gasteiger partial charge on any atom is -0.478 e. The zero-order valence-corrected chi connectivity index (χ0v) is 13.5. The Kier molecular flexibility index (Phi) is 4.69. The smallest absolute Gasteiger partial charge is 0.335 e. The first-order valence-electron chi connectivity index (χ1n) is 7.93. The molecule has 1 aromatic carbocycles. The van der Waals surface area contributed by atoms with E-state index in [1.54, 1.807) is 35.1 Å². The maximum absolute atomic E-state index is 11.0. The molecule has 0 aliphatic carbocycles. The Bertz CT molecular complexity index is 806. The normalized spacial score (nSPS) is 10.9. The molecule has 0 aliphatic rings. The van der Waals surface area contributed by atoms with Gasteiger partial charge in [-0.3, -0.25) is 4.68 Å². The maximum atomic E-state index is 11.0. The van der Waals surface area contributed by atoms with E-state index >= 15 is 0 Å². The summed E-state index contributed by atoms with van der Waals surface area (Å²) in [7, 11) is 0. The van der Waals surface area contributed by atoms with Gasteiger partial charge in [-0.15, -0.1) is 0 Å². The van der Waals surface area contributed by atoms with Gasteiger partial charge in [-0.25, -0.2) is 14.5 Å². The third-order valence-electron chi connectivity index (χ3n) is 3.74. The fraction of sp³-hybridized carbons (Fsp3) is 0.294. The summed E-state index contributed by atoms with van der Waals surface area (Å²) in [4.78, 5) is 15.6. The summed E-state index contributed by atoms with van der Waals surface area (Å²) in [5, 5.41) is 17.7. The molecule has 0 spiro atoms. The van der Waals surface area contributed by atoms with Gasteiger partial charge in [0.25, 0.3) is 0 Å². The molecule has 24 heavy (non-hydrogen) atoms. The molecule has 1 N–H and O–H groups in total. The highest BCUT2D eigenvalue weighted by Gasteiger charge is 2.11. The van der Waals surface area contributed by atoms with E-state index < -0.39 is 5.97 Å². The van der Waals surface area contributed by atoms with Crippen molar-refractivity contribution < 1.29 is 9.90 Å². The van der Waals surface area contributed by atoms with Gasteiger partial charge in [0.05, 0.1) is 11.3 Å². The first kappa shape index (κ1) is 15.9. The lowest BCUT2D eigenvalue weighted by Crippen LogP contribution is -2.06. The summed E-state index contributed by atoms with van der Waals surface area (Å²) in [6.45, 7) is 2.83. The molecule has 2 heterocycles. The molecule has 7 heteroatoms. The highest BCUT2D eigenvalue weighted by molar-refractivity contribution is 5.87. The number of carboxylic acids is 1. The van der Waals surface area contributed by atoms with Gasteiger partial charge in [0, 0.05) is 31.8 Å². The van der Waals surface area contributed by atoms with Crippen molar-refractivity contribution in [1.82, 2.24) is 24.5 Å². The highest BCUT2D eigenvalue weighted by Crippen LogP contribution is 2.14. The van der Waals surface area contributed by atoms with Crippen molar-refractivity contribution in [1.29, 1.82) is 0 Å². The minimum absolute atomic E-state index is 0.259. The molecule has 3 rings (SSSR count). The summed E-state index contributed by atoms with van der Waals surface area (Å²) in [5.74, 6) is 0.724. The second-order valence-corrected chi connectivity index (χ2v) is 5.43. The lowest BCUT2D eigenvalue weighted by molar-refractivity contribution is 0.0697. The van der Waals surface area contributed by atoms with E-state index in [2.05, 4.69) is 15.2 Å². The van der Waals surface area contributed by atoms with Crippen molar-refractivity contribution in [2.75, 3.05) is 0 Å². The second kappa shape index (κ2) is 7.08. The van der Waals surface area contributed by atoms with Crippen LogP contribution in [0.1, 0.15) is 35.4 Å². The molecular weight excluding hydrogens is 306 g/mol. The Morgan fingerprint density at radius 3 is 2.67 bits per heavy atom. The van der Waals surface area contributed by atoms with E-state index in [1.165, 1.54) is 0 Å². The summed E-state index contributed by atoms with van der Waals surface area (Å²) in [6, 6.07) is 8.59. The predicted molar refractivity (Wildman–Crippen MR) is 88.2 cm³/mol. The van der Waals surface area contributed by atoms with Gasteiger partial charge >= 0.3 is 5.97 Å². The van der Waals surface area contributed by atoms with Crippen LogP contribution in [-0.4, -0.2) is 35.6 Å². The number of hydrogen-bond donors (Lipinski definition) is 1. The van der Waals surface area contributed by atoms with Gasteiger partial charge in [-0.05, 0) is 36.8 Å². The topological polar surface area (TPSA) is 85.8 Å². The first-order chi connectivity index (χ1) is 11.7. The van der Waals surface area contributed by atoms with E-state index in [0.29, 0.717) is 0 Å². The molecule has 0 radical (unpaired) electrons. The number of carboxylic acid groups (broad SMARTS) is 1. The van der Waals surface area contributed by atoms with Gasteiger partial charge in [0.2, 0.25) is 0 Å². The maximum Gasteiger partial charge on any atom is 0.335 e. The number of benzene rings is 1. The molecule has 7 nitrogen and oxygen atoms in total. The number of nitrogens with zero attached hydrogens (tertiary/aromatic N) is 5. The Balaban J connectivity index is 1.78. The van der Waals surface area contributed by atoms with Crippen LogP contribution in [0.25, 0.3) is 5.69 Å². The quantitative estimate of drug-likeness (QED) is 0.720. The number of aromatic carboxylic acids is 1. The third-order valence-corrected chi connectivity index (χ3v) is 3.74. The Morgan fingerprint density at radius 1 is 1.25 bits per heavy atom. The zero-order chi connectivity index (χ0) is 16.9. The Morgan fingerprint density at radius 2 is 2.04 bits per heavy atom. The fourth-order valence-corrected chi connectivity index (χ4v) is 2.49. The lowest BCUT2D eigenvalue weighted by atomic mass is 10.2. The van der Waals surface area contributed by atoms with Gasteiger partial charge in [0.15, 0.2) is 5.82 Å². The zero-order valence-electron chi connectivity index (χ0n) is 13.5. The molecule has 0 unspecified atom stereocenters. The number of aryl methyl sites for hydroxylation is 3. The largest absolute Gasteiger partial charge is 0.478 e. The van der Waals surface area contributed by atoms with Crippen LogP contribution in [0.3, 0.4) is 0 Å². The highest BCUT2D eigenvalue weighted by atomic mass is 16.4. The SMILES string of the molecule is CCc1nc(CCCn2cccn2)n(-c2ccc(C(=O)O)cc2)n1. The molecule has 0 bridgehead atoms. The van der Waals surface area contributed by atoms with Crippen LogP contribution in [-0.2, 0) is 19.4 Å². The monoisotopic (exact) mass is 325 g/mol. The van der Waals surface area contributed by atoms with Crippen molar-refractivity contribution in [3.8, 4) is 5.69 Å². The summed E-state index contributed by atoms with van der Waals surface area (Å²) in [6.07, 6.45) is 6.13. The molecule has 0 fully saturated rings. The molecule has 0 saturated heterocycles. The molecule has 0 saturated carbocycles. The van der Waals surface area contributed by atoms with Crippen molar-refractivity contribution in [2.45, 2.75) is 32.7 Å². The second-order valence-electron chi connectivity index (χ2n) is 5.43. The number of carbonyl (C=O) groups is 1. The van der Waals surface area contributed by atoms with Crippen LogP contribution < -0.4 is 0 Å². The average Bonchev–Trinajstić information content (AvgIpc) is 3.24. The Labute approximate surface area is 139 Å². The number of rotatable bonds is 7. The van der Waals surface area contributed by atoms with Gasteiger partial charge in [-0.1, -0.05) is 6.92 Å². The van der Waals surface area contributed by atoms with E-state index in [-0.39, 0.29) is 5.56 Å². The lowest BCUT2D eigenvalue weighted by Gasteiger charge is -2.06. The van der Waals surface area contributed by atoms with Crippen LogP contribution in [0.2, 0.25) is 0 Å². The first-order valence-corrected chi connectivity index (χ1v) is 7.93. The average molecular weight is 325 g/mol. The van der Waals surface area contributed by atoms with Crippen LogP contribution in [0.4, 0.5) is 0 Å². The third kappa shape index (κ3) is 3.51. The number of aromatic nitrogens is 5. The number of hydrogen-bond acceptors (Lipinski definition) is 4. The molecule has 0 atom stereocenters. The van der Waals surface area contributed by atoms with E-state index in [4.69, 9.17) is 5.11 Å². The van der Waals surface area contributed by atoms with Crippen LogP contribution in [0.5, 0.6) is 0 Å². The molecule has 3 aromatic rings. The van der Waals surface area contributed by atoms with Crippen LogP contribution in [0.15, 0.2) is 42.7 Å².